The summed E-state index contributed by atoms with van der Waals surface area (Å²) in [6.07, 6.45) is -2.74. The van der Waals surface area contributed by atoms with E-state index in [0.717, 1.165) is 6.20 Å². The fraction of sp³-hybridized carbons (Fsp3) is 0.444. The van der Waals surface area contributed by atoms with Crippen LogP contribution in [0.2, 0.25) is 0 Å². The van der Waals surface area contributed by atoms with E-state index in [4.69, 9.17) is 11.6 Å². The van der Waals surface area contributed by atoms with Gasteiger partial charge in [0.15, 0.2) is 0 Å². The largest absolute Gasteiger partial charge is 0.433 e. The smallest absolute Gasteiger partial charge is 0.251 e. The molecule has 1 nitrogen and oxygen atoms in total. The van der Waals surface area contributed by atoms with Crippen molar-refractivity contribution in [2.75, 3.05) is 0 Å². The van der Waals surface area contributed by atoms with Crippen molar-refractivity contribution in [3.8, 4) is 0 Å². The molecule has 14 heavy (non-hydrogen) atoms. The predicted molar refractivity (Wildman–Crippen MR) is 48.2 cm³/mol. The normalized spacial score (nSPS) is 11.8. The highest BCUT2D eigenvalue weighted by molar-refractivity contribution is 6.17. The molecule has 0 saturated heterocycles. The first-order valence-electron chi connectivity index (χ1n) is 4.10. The van der Waals surface area contributed by atoms with Crippen LogP contribution in [-0.2, 0) is 18.5 Å². The Labute approximate surface area is 84.9 Å². The Hall–Kier alpha value is -0.770. The molecule has 1 aromatic rings. The van der Waals surface area contributed by atoms with Crippen molar-refractivity contribution in [3.05, 3.63) is 29.1 Å². The van der Waals surface area contributed by atoms with Crippen LogP contribution in [0.5, 0.6) is 0 Å². The third-order valence-corrected chi connectivity index (χ3v) is 2.20. The van der Waals surface area contributed by atoms with Crippen LogP contribution in [-0.4, -0.2) is 4.98 Å². The summed E-state index contributed by atoms with van der Waals surface area (Å²) in [6, 6.07) is 1.56. The van der Waals surface area contributed by atoms with E-state index in [9.17, 15) is 13.2 Å². The van der Waals surface area contributed by atoms with Gasteiger partial charge in [-0.2, -0.15) is 13.2 Å². The highest BCUT2D eigenvalue weighted by Crippen LogP contribution is 2.32. The maximum absolute atomic E-state index is 12.4. The molecule has 0 aliphatic rings. The van der Waals surface area contributed by atoms with Gasteiger partial charge < -0.3 is 0 Å². The van der Waals surface area contributed by atoms with Gasteiger partial charge in [0.05, 0.1) is 0 Å². The molecule has 0 bridgehead atoms. The summed E-state index contributed by atoms with van der Waals surface area (Å²) in [5, 5.41) is 0. The van der Waals surface area contributed by atoms with E-state index in [1.165, 1.54) is 0 Å². The van der Waals surface area contributed by atoms with Gasteiger partial charge in [-0.3, -0.25) is 4.98 Å². The van der Waals surface area contributed by atoms with Crippen molar-refractivity contribution >= 4 is 11.6 Å². The van der Waals surface area contributed by atoms with Gasteiger partial charge in [-0.15, -0.1) is 11.6 Å². The second-order valence-electron chi connectivity index (χ2n) is 2.78. The Morgan fingerprint density at radius 1 is 1.43 bits per heavy atom. The zero-order valence-corrected chi connectivity index (χ0v) is 8.28. The van der Waals surface area contributed by atoms with Crippen molar-refractivity contribution in [1.82, 2.24) is 4.98 Å². The number of aromatic nitrogens is 1. The van der Waals surface area contributed by atoms with Crippen molar-refractivity contribution in [2.45, 2.75) is 25.4 Å². The summed E-state index contributed by atoms with van der Waals surface area (Å²) in [7, 11) is 0. The Bertz CT molecular complexity index is 322. The molecular weight excluding hydrogens is 215 g/mol. The number of hydrogen-bond acceptors (Lipinski definition) is 1. The Morgan fingerprint density at radius 2 is 2.07 bits per heavy atom. The fourth-order valence-corrected chi connectivity index (χ4v) is 1.56. The molecule has 0 N–H and O–H groups in total. The quantitative estimate of drug-likeness (QED) is 0.701. The molecule has 0 aliphatic heterocycles. The molecule has 1 rings (SSSR count). The number of aryl methyl sites for hydroxylation is 1. The van der Waals surface area contributed by atoms with Gasteiger partial charge >= 0.3 is 6.18 Å². The maximum atomic E-state index is 12.4. The van der Waals surface area contributed by atoms with Crippen molar-refractivity contribution in [1.29, 1.82) is 0 Å². The second kappa shape index (κ2) is 4.17. The van der Waals surface area contributed by atoms with E-state index in [1.54, 1.807) is 13.0 Å². The summed E-state index contributed by atoms with van der Waals surface area (Å²) in [4.78, 5) is 3.32. The summed E-state index contributed by atoms with van der Waals surface area (Å²) in [5.41, 5.74) is -0.182. The molecule has 1 aromatic heterocycles. The summed E-state index contributed by atoms with van der Waals surface area (Å²) >= 11 is 5.48. The number of hydrogen-bond donors (Lipinski definition) is 0. The molecule has 0 aliphatic carbocycles. The lowest BCUT2D eigenvalue weighted by molar-refractivity contribution is -0.141. The van der Waals surface area contributed by atoms with Gasteiger partial charge in [-0.05, 0) is 18.1 Å². The SMILES string of the molecule is CCc1ccnc(C(F)(F)F)c1CCl. The lowest BCUT2D eigenvalue weighted by Crippen LogP contribution is -2.12. The van der Waals surface area contributed by atoms with Crippen molar-refractivity contribution in [2.24, 2.45) is 0 Å². The maximum Gasteiger partial charge on any atom is 0.433 e. The zero-order chi connectivity index (χ0) is 10.8. The van der Waals surface area contributed by atoms with Crippen LogP contribution in [0.4, 0.5) is 13.2 Å². The number of nitrogens with zero attached hydrogens (tertiary/aromatic N) is 1. The van der Waals surface area contributed by atoms with Gasteiger partial charge in [0.1, 0.15) is 5.69 Å². The fourth-order valence-electron chi connectivity index (χ4n) is 1.26. The molecule has 0 unspecified atom stereocenters. The number of rotatable bonds is 2. The Balaban J connectivity index is 3.29. The van der Waals surface area contributed by atoms with Crippen LogP contribution >= 0.6 is 11.6 Å². The first kappa shape index (κ1) is 11.3. The number of pyridine rings is 1. The topological polar surface area (TPSA) is 12.9 Å². The lowest BCUT2D eigenvalue weighted by atomic mass is 10.1. The summed E-state index contributed by atoms with van der Waals surface area (Å²) in [6.45, 7) is 1.78. The van der Waals surface area contributed by atoms with Gasteiger partial charge in [0, 0.05) is 17.6 Å². The van der Waals surface area contributed by atoms with Crippen LogP contribution in [0.1, 0.15) is 23.7 Å². The van der Waals surface area contributed by atoms with Gasteiger partial charge in [0.2, 0.25) is 0 Å². The van der Waals surface area contributed by atoms with Crippen molar-refractivity contribution < 1.29 is 13.2 Å². The monoisotopic (exact) mass is 223 g/mol. The van der Waals surface area contributed by atoms with E-state index >= 15 is 0 Å². The molecule has 0 saturated carbocycles. The highest BCUT2D eigenvalue weighted by atomic mass is 35.5. The van der Waals surface area contributed by atoms with Crippen molar-refractivity contribution in [3.63, 3.8) is 0 Å². The molecule has 78 valence electrons. The molecule has 0 radical (unpaired) electrons. The van der Waals surface area contributed by atoms with Gasteiger partial charge in [-0.25, -0.2) is 0 Å². The second-order valence-corrected chi connectivity index (χ2v) is 3.05. The van der Waals surface area contributed by atoms with Gasteiger partial charge in [0.25, 0.3) is 0 Å². The lowest BCUT2D eigenvalue weighted by Gasteiger charge is -2.12. The minimum absolute atomic E-state index is 0.0872. The van der Waals surface area contributed by atoms with E-state index < -0.39 is 11.9 Å². The molecular formula is C9H9ClF3N. The first-order chi connectivity index (χ1) is 6.50. The van der Waals surface area contributed by atoms with Gasteiger partial charge in [-0.1, -0.05) is 6.92 Å². The van der Waals surface area contributed by atoms with Crippen LogP contribution in [0.15, 0.2) is 12.3 Å². The van der Waals surface area contributed by atoms with Crippen LogP contribution in [0, 0.1) is 0 Å². The molecule has 5 heteroatoms. The van der Waals surface area contributed by atoms with E-state index in [1.807, 2.05) is 0 Å². The van der Waals surface area contributed by atoms with Crippen LogP contribution < -0.4 is 0 Å². The molecule has 1 heterocycles. The van der Waals surface area contributed by atoms with E-state index in [0.29, 0.717) is 12.0 Å². The van der Waals surface area contributed by atoms with E-state index in [2.05, 4.69) is 4.98 Å². The molecule has 0 atom stereocenters. The summed E-state index contributed by atoms with van der Waals surface area (Å²) < 4.78 is 37.3. The third-order valence-electron chi connectivity index (χ3n) is 1.94. The minimum atomic E-state index is -4.42. The van der Waals surface area contributed by atoms with Crippen LogP contribution in [0.25, 0.3) is 0 Å². The Kier molecular flexibility index (Phi) is 3.37. The van der Waals surface area contributed by atoms with Crippen LogP contribution in [0.3, 0.4) is 0 Å². The first-order valence-corrected chi connectivity index (χ1v) is 4.64. The zero-order valence-electron chi connectivity index (χ0n) is 7.53. The summed E-state index contributed by atoms with van der Waals surface area (Å²) in [5.74, 6) is -0.161. The van der Waals surface area contributed by atoms with E-state index in [-0.39, 0.29) is 11.4 Å². The average molecular weight is 224 g/mol. The molecule has 0 spiro atoms. The minimum Gasteiger partial charge on any atom is -0.251 e. The third kappa shape index (κ3) is 2.18. The molecule has 0 amide bonds. The number of alkyl halides is 4. The molecule has 0 fully saturated rings. The number of halogens is 4. The predicted octanol–water partition coefficient (Wildman–Crippen LogP) is 3.40. The highest BCUT2D eigenvalue weighted by Gasteiger charge is 2.35. The Morgan fingerprint density at radius 3 is 2.50 bits per heavy atom. The molecule has 0 aromatic carbocycles. The standard InChI is InChI=1S/C9H9ClF3N/c1-2-6-3-4-14-8(7(6)5-10)9(11,12)13/h3-4H,2,5H2,1H3. The average Bonchev–Trinajstić information content (AvgIpc) is 2.15.